The monoisotopic (exact) mass is 287 g/mol. The van der Waals surface area contributed by atoms with Gasteiger partial charge in [-0.2, -0.15) is 13.2 Å². The highest BCUT2D eigenvalue weighted by atomic mass is 19.4. The molecule has 1 aromatic carbocycles. The van der Waals surface area contributed by atoms with Crippen LogP contribution in [0.15, 0.2) is 24.3 Å². The number of carboxylic acid groups (broad SMARTS) is 1. The Morgan fingerprint density at radius 3 is 2.40 bits per heavy atom. The van der Waals surface area contributed by atoms with Gasteiger partial charge < -0.3 is 10.4 Å². The van der Waals surface area contributed by atoms with Crippen LogP contribution >= 0.6 is 0 Å². The van der Waals surface area contributed by atoms with Gasteiger partial charge in [-0.15, -0.1) is 0 Å². The molecule has 0 radical (unpaired) electrons. The molecule has 1 aliphatic carbocycles. The number of nitrogens with one attached hydrogen (secondary N) is 1. The van der Waals surface area contributed by atoms with Gasteiger partial charge in [0.2, 0.25) is 0 Å². The van der Waals surface area contributed by atoms with E-state index in [9.17, 15) is 18.0 Å². The van der Waals surface area contributed by atoms with E-state index >= 15 is 0 Å². The fourth-order valence-electron chi connectivity index (χ4n) is 2.56. The molecule has 3 nitrogen and oxygen atoms in total. The minimum atomic E-state index is -4.13. The molecule has 0 amide bonds. The van der Waals surface area contributed by atoms with Crippen LogP contribution in [-0.2, 0) is 0 Å². The summed E-state index contributed by atoms with van der Waals surface area (Å²) in [6, 6.07) is 5.83. The molecule has 2 N–H and O–H groups in total. The Kier molecular flexibility index (Phi) is 4.20. The van der Waals surface area contributed by atoms with Crippen molar-refractivity contribution >= 4 is 11.7 Å². The van der Waals surface area contributed by atoms with Crippen molar-refractivity contribution in [2.75, 3.05) is 5.32 Å². The van der Waals surface area contributed by atoms with Crippen molar-refractivity contribution in [3.05, 3.63) is 29.8 Å². The maximum atomic E-state index is 12.7. The number of rotatable bonds is 3. The Balaban J connectivity index is 1.97. The topological polar surface area (TPSA) is 49.3 Å². The van der Waals surface area contributed by atoms with Crippen molar-refractivity contribution in [3.63, 3.8) is 0 Å². The molecule has 6 heteroatoms. The van der Waals surface area contributed by atoms with Gasteiger partial charge in [0.15, 0.2) is 0 Å². The lowest BCUT2D eigenvalue weighted by Gasteiger charge is -2.31. The third kappa shape index (κ3) is 3.65. The first-order valence-corrected chi connectivity index (χ1v) is 6.53. The number of hydrogen-bond donors (Lipinski definition) is 2. The van der Waals surface area contributed by atoms with Crippen LogP contribution in [0, 0.1) is 5.92 Å². The Bertz CT molecular complexity index is 470. The van der Waals surface area contributed by atoms with Crippen LogP contribution in [0.1, 0.15) is 36.0 Å². The molecule has 20 heavy (non-hydrogen) atoms. The zero-order valence-corrected chi connectivity index (χ0v) is 10.8. The Labute approximate surface area is 114 Å². The second-order valence-corrected chi connectivity index (χ2v) is 5.13. The molecule has 0 heterocycles. The third-order valence-corrected chi connectivity index (χ3v) is 3.64. The smallest absolute Gasteiger partial charge is 0.391 e. The molecule has 1 aliphatic rings. The molecule has 0 aromatic heterocycles. The van der Waals surface area contributed by atoms with Gasteiger partial charge in [-0.25, -0.2) is 4.79 Å². The summed E-state index contributed by atoms with van der Waals surface area (Å²) in [5, 5.41) is 11.8. The predicted octanol–water partition coefficient (Wildman–Crippen LogP) is 3.92. The molecular formula is C14H16F3NO2. The second kappa shape index (κ2) is 5.73. The molecule has 0 bridgehead atoms. The lowest BCUT2D eigenvalue weighted by Crippen LogP contribution is -2.34. The Morgan fingerprint density at radius 1 is 1.20 bits per heavy atom. The van der Waals surface area contributed by atoms with Gasteiger partial charge >= 0.3 is 12.1 Å². The van der Waals surface area contributed by atoms with Gasteiger partial charge in [0.25, 0.3) is 0 Å². The normalized spacial score (nSPS) is 23.4. The molecule has 1 fully saturated rings. The first kappa shape index (κ1) is 14.7. The van der Waals surface area contributed by atoms with E-state index in [1.807, 2.05) is 0 Å². The Morgan fingerprint density at radius 2 is 1.85 bits per heavy atom. The summed E-state index contributed by atoms with van der Waals surface area (Å²) in [6.07, 6.45) is -2.61. The largest absolute Gasteiger partial charge is 0.478 e. The van der Waals surface area contributed by atoms with E-state index in [0.29, 0.717) is 18.5 Å². The molecule has 0 spiro atoms. The van der Waals surface area contributed by atoms with Crippen LogP contribution in [0.3, 0.4) is 0 Å². The fourth-order valence-corrected chi connectivity index (χ4v) is 2.56. The van der Waals surface area contributed by atoms with Crippen LogP contribution < -0.4 is 5.32 Å². The molecular weight excluding hydrogens is 271 g/mol. The first-order valence-electron chi connectivity index (χ1n) is 6.53. The zero-order chi connectivity index (χ0) is 14.8. The minimum absolute atomic E-state index is 0.0736. The maximum Gasteiger partial charge on any atom is 0.391 e. The van der Waals surface area contributed by atoms with Crippen LogP contribution in [0.5, 0.6) is 0 Å². The van der Waals surface area contributed by atoms with Crippen LogP contribution in [-0.4, -0.2) is 23.3 Å². The SMILES string of the molecule is O=C(O)c1ccc(NC2CCCC(C(F)(F)F)C2)cc1. The van der Waals surface area contributed by atoms with Crippen LogP contribution in [0.2, 0.25) is 0 Å². The number of carbonyl (C=O) groups is 1. The van der Waals surface area contributed by atoms with Gasteiger partial charge in [0.1, 0.15) is 0 Å². The summed E-state index contributed by atoms with van der Waals surface area (Å²) >= 11 is 0. The summed E-state index contributed by atoms with van der Waals surface area (Å²) in [5.74, 6) is -2.27. The van der Waals surface area contributed by atoms with Gasteiger partial charge in [-0.1, -0.05) is 6.42 Å². The predicted molar refractivity (Wildman–Crippen MR) is 68.8 cm³/mol. The van der Waals surface area contributed by atoms with E-state index < -0.39 is 18.1 Å². The summed E-state index contributed by atoms with van der Waals surface area (Å²) in [5.41, 5.74) is 0.815. The zero-order valence-electron chi connectivity index (χ0n) is 10.8. The number of alkyl halides is 3. The minimum Gasteiger partial charge on any atom is -0.478 e. The number of anilines is 1. The van der Waals surface area contributed by atoms with E-state index in [1.165, 1.54) is 12.1 Å². The van der Waals surface area contributed by atoms with E-state index in [0.717, 1.165) is 0 Å². The van der Waals surface area contributed by atoms with Crippen molar-refractivity contribution in [1.29, 1.82) is 0 Å². The van der Waals surface area contributed by atoms with Gasteiger partial charge in [-0.05, 0) is 43.5 Å². The molecule has 1 aromatic rings. The molecule has 0 aliphatic heterocycles. The standard InChI is InChI=1S/C14H16F3NO2/c15-14(16,17)10-2-1-3-12(8-10)18-11-6-4-9(5-7-11)13(19)20/h4-7,10,12,18H,1-3,8H2,(H,19,20). The Hall–Kier alpha value is -1.72. The summed E-state index contributed by atoms with van der Waals surface area (Å²) in [4.78, 5) is 10.7. The fraction of sp³-hybridized carbons (Fsp3) is 0.500. The average Bonchev–Trinajstić information content (AvgIpc) is 2.38. The lowest BCUT2D eigenvalue weighted by atomic mass is 9.85. The molecule has 2 atom stereocenters. The van der Waals surface area contributed by atoms with E-state index in [4.69, 9.17) is 5.11 Å². The van der Waals surface area contributed by atoms with Crippen molar-refractivity contribution in [2.24, 2.45) is 5.92 Å². The summed E-state index contributed by atoms with van der Waals surface area (Å²) in [6.45, 7) is 0. The second-order valence-electron chi connectivity index (χ2n) is 5.13. The summed E-state index contributed by atoms with van der Waals surface area (Å²) < 4.78 is 38.1. The molecule has 2 unspecified atom stereocenters. The van der Waals surface area contributed by atoms with E-state index in [1.54, 1.807) is 12.1 Å². The number of halogens is 3. The van der Waals surface area contributed by atoms with Crippen molar-refractivity contribution in [3.8, 4) is 0 Å². The van der Waals surface area contributed by atoms with Gasteiger partial charge in [0.05, 0.1) is 11.5 Å². The quantitative estimate of drug-likeness (QED) is 0.886. The van der Waals surface area contributed by atoms with E-state index in [-0.39, 0.29) is 24.4 Å². The molecule has 110 valence electrons. The van der Waals surface area contributed by atoms with Crippen LogP contribution in [0.25, 0.3) is 0 Å². The summed E-state index contributed by atoms with van der Waals surface area (Å²) in [7, 11) is 0. The number of aromatic carboxylic acids is 1. The molecule has 1 saturated carbocycles. The molecule has 0 saturated heterocycles. The van der Waals surface area contributed by atoms with Crippen molar-refractivity contribution < 1.29 is 23.1 Å². The maximum absolute atomic E-state index is 12.7. The van der Waals surface area contributed by atoms with Gasteiger partial charge in [0, 0.05) is 11.7 Å². The highest BCUT2D eigenvalue weighted by Crippen LogP contribution is 2.38. The van der Waals surface area contributed by atoms with Crippen LogP contribution in [0.4, 0.5) is 18.9 Å². The third-order valence-electron chi connectivity index (χ3n) is 3.64. The van der Waals surface area contributed by atoms with Crippen molar-refractivity contribution in [2.45, 2.75) is 37.9 Å². The highest BCUT2D eigenvalue weighted by molar-refractivity contribution is 5.87. The van der Waals surface area contributed by atoms with Crippen molar-refractivity contribution in [1.82, 2.24) is 0 Å². The van der Waals surface area contributed by atoms with E-state index in [2.05, 4.69) is 5.32 Å². The number of benzene rings is 1. The highest BCUT2D eigenvalue weighted by Gasteiger charge is 2.42. The lowest BCUT2D eigenvalue weighted by molar-refractivity contribution is -0.182. The molecule has 2 rings (SSSR count). The van der Waals surface area contributed by atoms with Gasteiger partial charge in [-0.3, -0.25) is 0 Å². The number of carboxylic acids is 1. The average molecular weight is 287 g/mol. The first-order chi connectivity index (χ1) is 9.36. The number of hydrogen-bond acceptors (Lipinski definition) is 2.